The third-order valence-electron chi connectivity index (χ3n) is 3.43. The molecule has 1 saturated heterocycles. The van der Waals surface area contributed by atoms with E-state index in [1.165, 1.54) is 17.0 Å². The molecule has 0 aromatic heterocycles. The van der Waals surface area contributed by atoms with Crippen LogP contribution in [0.1, 0.15) is 25.3 Å². The minimum atomic E-state index is -0.401. The monoisotopic (exact) mass is 293 g/mol. The molecular weight excluding hydrogens is 273 g/mol. The van der Waals surface area contributed by atoms with Crippen molar-refractivity contribution in [2.24, 2.45) is 0 Å². The van der Waals surface area contributed by atoms with Crippen LogP contribution in [0.15, 0.2) is 24.3 Å². The fourth-order valence-electron chi connectivity index (χ4n) is 2.39. The van der Waals surface area contributed by atoms with Crippen LogP contribution < -0.4 is 5.32 Å². The molecular formula is C15H20FN3O2. The van der Waals surface area contributed by atoms with E-state index in [0.717, 1.165) is 12.0 Å². The van der Waals surface area contributed by atoms with Crippen molar-refractivity contribution in [2.75, 3.05) is 13.7 Å². The highest BCUT2D eigenvalue weighted by Crippen LogP contribution is 2.12. The lowest BCUT2D eigenvalue weighted by Crippen LogP contribution is -2.40. The van der Waals surface area contributed by atoms with Crippen molar-refractivity contribution in [2.45, 2.75) is 32.4 Å². The number of rotatable bonds is 6. The van der Waals surface area contributed by atoms with Crippen LogP contribution in [0.5, 0.6) is 0 Å². The maximum absolute atomic E-state index is 12.9. The van der Waals surface area contributed by atoms with E-state index in [2.05, 4.69) is 5.32 Å². The highest BCUT2D eigenvalue weighted by atomic mass is 19.1. The average Bonchev–Trinajstić information content (AvgIpc) is 2.70. The number of amides is 3. The summed E-state index contributed by atoms with van der Waals surface area (Å²) in [5, 5.41) is 2.69. The summed E-state index contributed by atoms with van der Waals surface area (Å²) in [7, 11) is 1.82. The molecule has 1 aromatic rings. The lowest BCUT2D eigenvalue weighted by atomic mass is 10.2. The van der Waals surface area contributed by atoms with Crippen LogP contribution in [-0.4, -0.2) is 41.5 Å². The molecule has 1 aromatic carbocycles. The van der Waals surface area contributed by atoms with Gasteiger partial charge in [0.2, 0.25) is 0 Å². The summed E-state index contributed by atoms with van der Waals surface area (Å²) in [6, 6.07) is 5.43. The van der Waals surface area contributed by atoms with Crippen LogP contribution in [0.3, 0.4) is 0 Å². The number of nitrogens with one attached hydrogen (secondary N) is 1. The first-order chi connectivity index (χ1) is 10.0. The predicted molar refractivity (Wildman–Crippen MR) is 76.8 cm³/mol. The molecule has 21 heavy (non-hydrogen) atoms. The van der Waals surface area contributed by atoms with Gasteiger partial charge < -0.3 is 5.32 Å². The number of hydrogen-bond donors (Lipinski definition) is 1. The summed E-state index contributed by atoms with van der Waals surface area (Å²) >= 11 is 0. The fourth-order valence-corrected chi connectivity index (χ4v) is 2.39. The standard InChI is InChI=1S/C15H20FN3O2/c1-3-4-13-14(20)19(15(21)17-13)10-18(2)9-11-5-7-12(16)8-6-11/h5-8,13H,3-4,9-10H2,1-2H3,(H,17,21)/t13-/m1/s1. The molecule has 0 bridgehead atoms. The molecule has 0 saturated carbocycles. The average molecular weight is 293 g/mol. The molecule has 1 fully saturated rings. The van der Waals surface area contributed by atoms with Crippen molar-refractivity contribution in [3.05, 3.63) is 35.6 Å². The molecule has 1 atom stereocenters. The Morgan fingerprint density at radius 1 is 1.29 bits per heavy atom. The Balaban J connectivity index is 1.93. The van der Waals surface area contributed by atoms with E-state index in [1.54, 1.807) is 12.1 Å². The molecule has 114 valence electrons. The summed E-state index contributed by atoms with van der Waals surface area (Å²) in [6.07, 6.45) is 1.50. The Morgan fingerprint density at radius 3 is 2.57 bits per heavy atom. The number of imide groups is 1. The van der Waals surface area contributed by atoms with Gasteiger partial charge in [0.25, 0.3) is 5.91 Å². The number of hydrogen-bond acceptors (Lipinski definition) is 3. The first-order valence-electron chi connectivity index (χ1n) is 7.06. The van der Waals surface area contributed by atoms with Gasteiger partial charge in [0.15, 0.2) is 0 Å². The summed E-state index contributed by atoms with van der Waals surface area (Å²) in [5.41, 5.74) is 0.927. The Hall–Kier alpha value is -1.95. The minimum absolute atomic E-state index is 0.173. The quantitative estimate of drug-likeness (QED) is 0.816. The number of carbonyl (C=O) groups excluding carboxylic acids is 2. The first-order valence-corrected chi connectivity index (χ1v) is 7.06. The van der Waals surface area contributed by atoms with E-state index in [-0.39, 0.29) is 24.4 Å². The van der Waals surface area contributed by atoms with Gasteiger partial charge in [-0.1, -0.05) is 25.5 Å². The molecule has 1 aliphatic rings. The number of urea groups is 1. The highest BCUT2D eigenvalue weighted by molar-refractivity contribution is 6.04. The smallest absolute Gasteiger partial charge is 0.325 e. The molecule has 2 rings (SSSR count). The zero-order valence-electron chi connectivity index (χ0n) is 12.3. The van der Waals surface area contributed by atoms with E-state index in [4.69, 9.17) is 0 Å². The van der Waals surface area contributed by atoms with Gasteiger partial charge in [0, 0.05) is 6.54 Å². The third kappa shape index (κ3) is 3.78. The van der Waals surface area contributed by atoms with Crippen LogP contribution in [-0.2, 0) is 11.3 Å². The van der Waals surface area contributed by atoms with Gasteiger partial charge in [-0.05, 0) is 31.2 Å². The van der Waals surface area contributed by atoms with Crippen molar-refractivity contribution in [1.82, 2.24) is 15.1 Å². The van der Waals surface area contributed by atoms with E-state index in [1.807, 2.05) is 18.9 Å². The van der Waals surface area contributed by atoms with Crippen LogP contribution in [0.4, 0.5) is 9.18 Å². The first kappa shape index (κ1) is 15.4. The lowest BCUT2D eigenvalue weighted by molar-refractivity contribution is -0.129. The SMILES string of the molecule is CCC[C@H]1NC(=O)N(CN(C)Cc2ccc(F)cc2)C1=O. The fraction of sp³-hybridized carbons (Fsp3) is 0.467. The Labute approximate surface area is 123 Å². The second kappa shape index (κ2) is 6.67. The van der Waals surface area contributed by atoms with Crippen molar-refractivity contribution in [1.29, 1.82) is 0 Å². The number of nitrogens with zero attached hydrogens (tertiary/aromatic N) is 2. The molecule has 1 N–H and O–H groups in total. The second-order valence-electron chi connectivity index (χ2n) is 5.34. The summed E-state index contributed by atoms with van der Waals surface area (Å²) in [5.74, 6) is -0.453. The van der Waals surface area contributed by atoms with Gasteiger partial charge >= 0.3 is 6.03 Å². The van der Waals surface area contributed by atoms with Crippen molar-refractivity contribution < 1.29 is 14.0 Å². The zero-order valence-corrected chi connectivity index (χ0v) is 12.3. The summed E-state index contributed by atoms with van der Waals surface area (Å²) < 4.78 is 12.9. The second-order valence-corrected chi connectivity index (χ2v) is 5.34. The molecule has 0 unspecified atom stereocenters. The molecule has 6 heteroatoms. The normalized spacial score (nSPS) is 18.5. The zero-order chi connectivity index (χ0) is 15.4. The maximum Gasteiger partial charge on any atom is 0.325 e. The molecule has 0 spiro atoms. The van der Waals surface area contributed by atoms with Gasteiger partial charge in [0.1, 0.15) is 11.9 Å². The largest absolute Gasteiger partial charge is 0.326 e. The van der Waals surface area contributed by atoms with E-state index in [0.29, 0.717) is 13.0 Å². The van der Waals surface area contributed by atoms with Crippen molar-refractivity contribution in [3.63, 3.8) is 0 Å². The van der Waals surface area contributed by atoms with Gasteiger partial charge in [-0.2, -0.15) is 0 Å². The minimum Gasteiger partial charge on any atom is -0.326 e. The van der Waals surface area contributed by atoms with Gasteiger partial charge in [-0.15, -0.1) is 0 Å². The molecule has 0 radical (unpaired) electrons. The molecule has 5 nitrogen and oxygen atoms in total. The Morgan fingerprint density at radius 2 is 1.95 bits per heavy atom. The van der Waals surface area contributed by atoms with Gasteiger partial charge in [0.05, 0.1) is 6.67 Å². The Bertz CT molecular complexity index is 518. The number of halogens is 1. The van der Waals surface area contributed by atoms with Gasteiger partial charge in [-0.25, -0.2) is 14.1 Å². The van der Waals surface area contributed by atoms with Crippen LogP contribution in [0.25, 0.3) is 0 Å². The Kier molecular flexibility index (Phi) is 4.90. The topological polar surface area (TPSA) is 52.7 Å². The van der Waals surface area contributed by atoms with Gasteiger partial charge in [-0.3, -0.25) is 9.69 Å². The van der Waals surface area contributed by atoms with Crippen LogP contribution >= 0.6 is 0 Å². The highest BCUT2D eigenvalue weighted by Gasteiger charge is 2.37. The number of carbonyl (C=O) groups is 2. The van der Waals surface area contributed by atoms with Crippen LogP contribution in [0, 0.1) is 5.82 Å². The molecule has 1 aliphatic heterocycles. The molecule has 3 amide bonds. The van der Waals surface area contributed by atoms with E-state index >= 15 is 0 Å². The molecule has 1 heterocycles. The van der Waals surface area contributed by atoms with Crippen LogP contribution in [0.2, 0.25) is 0 Å². The van der Waals surface area contributed by atoms with Crippen molar-refractivity contribution >= 4 is 11.9 Å². The van der Waals surface area contributed by atoms with E-state index in [9.17, 15) is 14.0 Å². The number of benzene rings is 1. The molecule has 0 aliphatic carbocycles. The third-order valence-corrected chi connectivity index (χ3v) is 3.43. The lowest BCUT2D eigenvalue weighted by Gasteiger charge is -2.22. The maximum atomic E-state index is 12.9. The van der Waals surface area contributed by atoms with Crippen molar-refractivity contribution in [3.8, 4) is 0 Å². The summed E-state index contributed by atoms with van der Waals surface area (Å²) in [4.78, 5) is 27.0. The predicted octanol–water partition coefficient (Wildman–Crippen LogP) is 1.94. The van der Waals surface area contributed by atoms with E-state index < -0.39 is 6.04 Å². The summed E-state index contributed by atoms with van der Waals surface area (Å²) in [6.45, 7) is 2.74.